The maximum absolute atomic E-state index is 12.4. The van der Waals surface area contributed by atoms with Crippen LogP contribution in [0.3, 0.4) is 0 Å². The number of hydrogen-bond donors (Lipinski definition) is 2. The number of amides is 1. The molecule has 3 aromatic carbocycles. The molecule has 1 aliphatic rings. The normalized spacial score (nSPS) is 15.8. The number of carbonyl (C=O) groups excluding carboxylic acids is 1. The van der Waals surface area contributed by atoms with Gasteiger partial charge in [0, 0.05) is 18.8 Å². The van der Waals surface area contributed by atoms with Crippen LogP contribution < -0.4 is 14.8 Å². The molecule has 8 heteroatoms. The highest BCUT2D eigenvalue weighted by Gasteiger charge is 2.20. The van der Waals surface area contributed by atoms with Gasteiger partial charge < -0.3 is 14.8 Å². The van der Waals surface area contributed by atoms with E-state index in [2.05, 4.69) is 10.0 Å². The first kappa shape index (κ1) is 23.0. The molecule has 1 saturated heterocycles. The van der Waals surface area contributed by atoms with Gasteiger partial charge >= 0.3 is 0 Å². The SMILES string of the molecule is O=C(COc1ccc(-c2ccccc2)cc1)Nc1ccc(S(=O)(=O)NCC2CCCO2)cc1. The average Bonchev–Trinajstić information content (AvgIpc) is 3.37. The van der Waals surface area contributed by atoms with Crippen LogP contribution in [0.25, 0.3) is 11.1 Å². The molecule has 2 N–H and O–H groups in total. The predicted octanol–water partition coefficient (Wildman–Crippen LogP) is 3.83. The fraction of sp³-hybridized carbons (Fsp3) is 0.240. The quantitative estimate of drug-likeness (QED) is 0.500. The standard InChI is InChI=1S/C25H26N2O5S/c28-25(18-32-22-12-8-20(9-13-22)19-5-2-1-3-6-19)27-21-10-14-24(15-11-21)33(29,30)26-17-23-7-4-16-31-23/h1-3,5-6,8-15,23,26H,4,7,16-18H2,(H,27,28). The highest BCUT2D eigenvalue weighted by molar-refractivity contribution is 7.89. The van der Waals surface area contributed by atoms with E-state index in [4.69, 9.17) is 9.47 Å². The zero-order valence-corrected chi connectivity index (χ0v) is 18.9. The highest BCUT2D eigenvalue weighted by Crippen LogP contribution is 2.22. The van der Waals surface area contributed by atoms with Crippen molar-refractivity contribution < 1.29 is 22.7 Å². The molecule has 1 atom stereocenters. The van der Waals surface area contributed by atoms with Crippen molar-refractivity contribution in [2.24, 2.45) is 0 Å². The third-order valence-corrected chi connectivity index (χ3v) is 6.74. The summed E-state index contributed by atoms with van der Waals surface area (Å²) in [5, 5.41) is 2.71. The Hall–Kier alpha value is -3.20. The van der Waals surface area contributed by atoms with Gasteiger partial charge in [0.25, 0.3) is 5.91 Å². The molecule has 1 aliphatic heterocycles. The number of ether oxygens (including phenoxy) is 2. The van der Waals surface area contributed by atoms with Gasteiger partial charge in [-0.25, -0.2) is 13.1 Å². The van der Waals surface area contributed by atoms with Gasteiger partial charge in [-0.15, -0.1) is 0 Å². The van der Waals surface area contributed by atoms with Crippen LogP contribution in [0.1, 0.15) is 12.8 Å². The van der Waals surface area contributed by atoms with Crippen LogP contribution in [0.15, 0.2) is 83.8 Å². The lowest BCUT2D eigenvalue weighted by molar-refractivity contribution is -0.118. The highest BCUT2D eigenvalue weighted by atomic mass is 32.2. The number of anilines is 1. The van der Waals surface area contributed by atoms with Gasteiger partial charge in [0.2, 0.25) is 10.0 Å². The Bertz CT molecular complexity index is 1160. The molecule has 0 spiro atoms. The molecule has 1 unspecified atom stereocenters. The number of rotatable bonds is 9. The average molecular weight is 467 g/mol. The molecular formula is C25H26N2O5S. The third kappa shape index (κ3) is 6.41. The summed E-state index contributed by atoms with van der Waals surface area (Å²) in [4.78, 5) is 12.4. The van der Waals surface area contributed by atoms with Crippen molar-refractivity contribution >= 4 is 21.6 Å². The second kappa shape index (κ2) is 10.6. The van der Waals surface area contributed by atoms with E-state index in [-0.39, 0.29) is 30.1 Å². The maximum Gasteiger partial charge on any atom is 0.262 e. The van der Waals surface area contributed by atoms with Crippen molar-refractivity contribution in [1.29, 1.82) is 0 Å². The van der Waals surface area contributed by atoms with Gasteiger partial charge in [-0.2, -0.15) is 0 Å². The number of hydrogen-bond acceptors (Lipinski definition) is 5. The molecule has 0 saturated carbocycles. The van der Waals surface area contributed by atoms with Gasteiger partial charge in [-0.3, -0.25) is 4.79 Å². The van der Waals surface area contributed by atoms with E-state index < -0.39 is 10.0 Å². The first-order chi connectivity index (χ1) is 16.0. The van der Waals surface area contributed by atoms with E-state index in [1.807, 2.05) is 54.6 Å². The molecule has 0 aromatic heterocycles. The van der Waals surface area contributed by atoms with Gasteiger partial charge in [0.05, 0.1) is 11.0 Å². The van der Waals surface area contributed by atoms with Crippen LogP contribution >= 0.6 is 0 Å². The molecule has 1 amide bonds. The van der Waals surface area contributed by atoms with Crippen molar-refractivity contribution in [2.75, 3.05) is 25.1 Å². The third-order valence-electron chi connectivity index (χ3n) is 5.30. The summed E-state index contributed by atoms with van der Waals surface area (Å²) in [5.74, 6) is 0.248. The molecular weight excluding hydrogens is 440 g/mol. The number of nitrogens with one attached hydrogen (secondary N) is 2. The minimum absolute atomic E-state index is 0.0760. The maximum atomic E-state index is 12.4. The Kier molecular flexibility index (Phi) is 7.39. The fourth-order valence-corrected chi connectivity index (χ4v) is 4.60. The predicted molar refractivity (Wildman–Crippen MR) is 127 cm³/mol. The topological polar surface area (TPSA) is 93.7 Å². The molecule has 1 fully saturated rings. The van der Waals surface area contributed by atoms with E-state index in [0.29, 0.717) is 18.0 Å². The van der Waals surface area contributed by atoms with E-state index in [9.17, 15) is 13.2 Å². The van der Waals surface area contributed by atoms with E-state index >= 15 is 0 Å². The molecule has 3 aromatic rings. The van der Waals surface area contributed by atoms with Gasteiger partial charge in [-0.1, -0.05) is 42.5 Å². The number of benzene rings is 3. The van der Waals surface area contributed by atoms with Crippen molar-refractivity contribution in [3.8, 4) is 16.9 Å². The fourth-order valence-electron chi connectivity index (χ4n) is 3.53. The van der Waals surface area contributed by atoms with Crippen LogP contribution in [-0.4, -0.2) is 40.2 Å². The minimum atomic E-state index is -3.63. The lowest BCUT2D eigenvalue weighted by Crippen LogP contribution is -2.31. The zero-order valence-electron chi connectivity index (χ0n) is 18.1. The molecule has 0 bridgehead atoms. The van der Waals surface area contributed by atoms with Crippen molar-refractivity contribution in [3.63, 3.8) is 0 Å². The molecule has 33 heavy (non-hydrogen) atoms. The minimum Gasteiger partial charge on any atom is -0.484 e. The number of carbonyl (C=O) groups is 1. The molecule has 1 heterocycles. The van der Waals surface area contributed by atoms with Gasteiger partial charge in [0.15, 0.2) is 6.61 Å². The summed E-state index contributed by atoms with van der Waals surface area (Å²) in [7, 11) is -3.63. The van der Waals surface area contributed by atoms with Crippen LogP contribution in [0.5, 0.6) is 5.75 Å². The smallest absolute Gasteiger partial charge is 0.262 e. The van der Waals surface area contributed by atoms with Gasteiger partial charge in [0.1, 0.15) is 5.75 Å². The van der Waals surface area contributed by atoms with Crippen LogP contribution in [-0.2, 0) is 19.6 Å². The van der Waals surface area contributed by atoms with Crippen molar-refractivity contribution in [3.05, 3.63) is 78.9 Å². The lowest BCUT2D eigenvalue weighted by atomic mass is 10.1. The Morgan fingerprint density at radius 3 is 2.30 bits per heavy atom. The summed E-state index contributed by atoms with van der Waals surface area (Å²) in [6, 6.07) is 23.5. The van der Waals surface area contributed by atoms with E-state index in [1.165, 1.54) is 12.1 Å². The number of sulfonamides is 1. The van der Waals surface area contributed by atoms with E-state index in [0.717, 1.165) is 24.0 Å². The monoisotopic (exact) mass is 466 g/mol. The van der Waals surface area contributed by atoms with Crippen LogP contribution in [0.2, 0.25) is 0 Å². The molecule has 0 aliphatic carbocycles. The largest absolute Gasteiger partial charge is 0.484 e. The molecule has 7 nitrogen and oxygen atoms in total. The summed E-state index contributed by atoms with van der Waals surface area (Å²) < 4.78 is 38.4. The van der Waals surface area contributed by atoms with Crippen molar-refractivity contribution in [2.45, 2.75) is 23.8 Å². The first-order valence-electron chi connectivity index (χ1n) is 10.8. The Balaban J connectivity index is 1.26. The summed E-state index contributed by atoms with van der Waals surface area (Å²) >= 11 is 0. The Labute approximate surface area is 193 Å². The van der Waals surface area contributed by atoms with Crippen LogP contribution in [0.4, 0.5) is 5.69 Å². The van der Waals surface area contributed by atoms with Crippen molar-refractivity contribution in [1.82, 2.24) is 4.72 Å². The molecule has 0 radical (unpaired) electrons. The second-order valence-corrected chi connectivity index (χ2v) is 9.51. The van der Waals surface area contributed by atoms with Crippen LogP contribution in [0, 0.1) is 0 Å². The first-order valence-corrected chi connectivity index (χ1v) is 12.3. The lowest BCUT2D eigenvalue weighted by Gasteiger charge is -2.12. The Morgan fingerprint density at radius 1 is 0.939 bits per heavy atom. The summed E-state index contributed by atoms with van der Waals surface area (Å²) in [6.07, 6.45) is 1.73. The van der Waals surface area contributed by atoms with Gasteiger partial charge in [-0.05, 0) is 60.4 Å². The summed E-state index contributed by atoms with van der Waals surface area (Å²) in [6.45, 7) is 0.766. The summed E-state index contributed by atoms with van der Waals surface area (Å²) in [5.41, 5.74) is 2.66. The second-order valence-electron chi connectivity index (χ2n) is 7.74. The van der Waals surface area contributed by atoms with E-state index in [1.54, 1.807) is 12.1 Å². The molecule has 4 rings (SSSR count). The Morgan fingerprint density at radius 2 is 1.64 bits per heavy atom. The zero-order chi connectivity index (χ0) is 23.1. The molecule has 172 valence electrons.